The Labute approximate surface area is 599 Å². The van der Waals surface area contributed by atoms with Crippen LogP contribution in [0.4, 0.5) is 0 Å². The topological polar surface area (TPSA) is 270 Å². The van der Waals surface area contributed by atoms with Gasteiger partial charge in [0.15, 0.2) is 0 Å². The first-order valence-electron chi connectivity index (χ1n) is 37.6. The van der Waals surface area contributed by atoms with Crippen LogP contribution in [0.1, 0.15) is 267 Å². The van der Waals surface area contributed by atoms with Gasteiger partial charge in [-0.25, -0.2) is 24.0 Å². The smallest absolute Gasteiger partial charge is 0.334 e. The van der Waals surface area contributed by atoms with E-state index in [4.69, 9.17) is 23.7 Å². The highest BCUT2D eigenvalue weighted by Crippen LogP contribution is 2.36. The summed E-state index contributed by atoms with van der Waals surface area (Å²) in [5.74, 6) is -5.34. The van der Waals surface area contributed by atoms with Crippen molar-refractivity contribution in [3.63, 3.8) is 0 Å². The molecule has 0 unspecified atom stereocenters. The quantitative estimate of drug-likeness (QED) is 0.0168. The highest BCUT2D eigenvalue weighted by Gasteiger charge is 2.46. The number of hydrogen-bond acceptors (Lipinski definition) is 16. The van der Waals surface area contributed by atoms with Crippen LogP contribution >= 0.6 is 0 Å². The Morgan fingerprint density at radius 1 is 0.310 bits per heavy atom. The van der Waals surface area contributed by atoms with Crippen LogP contribution in [-0.2, 0) is 76.4 Å². The lowest BCUT2D eigenvalue weighted by Crippen LogP contribution is -2.36. The molecular weight excluding hydrogens is 1270 g/mol. The summed E-state index contributed by atoms with van der Waals surface area (Å²) in [5.41, 5.74) is 1.42. The van der Waals surface area contributed by atoms with Gasteiger partial charge in [0.1, 0.15) is 65.6 Å². The average molecular weight is 1400 g/mol. The zero-order chi connectivity index (χ0) is 75.0. The molecule has 5 aliphatic heterocycles. The molecule has 5 saturated heterocycles. The zero-order valence-corrected chi connectivity index (χ0v) is 62.4. The number of ketones is 3. The number of amides is 3. The standard InChI is InChI=1S/C18H28O4.C18H30O3.C17H27NO3.C15H23NO3.C13H19NO3/c1-4-5-6-7-8-9-10-16-17(14(3)18(21)22-16)15(20)12-11-13(2)19;1-4-6-8-9-10-11-13-16-17(14(3)18(20)21-16)15(19)12-7-5-2;1-4-6-7-8-9-10-11-14-15(13(3)17(20)21-14)16(19)18-12-5-2;1-4-6-7-8-9-12-13(11(3)15(18)19-12)14(17)16-10-5-2;1-4-6-7-10-11(9(3)13(16)17-10)12(15)14-8-5-2/h16-17H,3-12H2,1-2H3;16-17H,3-13H2,1-2H3;5,14-15H,2-4,6-12H2,1H3,(H,18,19);5,12-13H,2-4,6-10H2,1H3,(H,16,17);5,10-11H,2-4,6-8H2,1H3,(H,14,15)/t2*16-,17-;14-,15+;12-,13+;10-,11+/m00000/s1. The van der Waals surface area contributed by atoms with E-state index in [0.717, 1.165) is 109 Å². The van der Waals surface area contributed by atoms with Crippen molar-refractivity contribution in [2.75, 3.05) is 19.6 Å². The van der Waals surface area contributed by atoms with Crippen LogP contribution in [0.25, 0.3) is 0 Å². The molecule has 0 aromatic rings. The van der Waals surface area contributed by atoms with Gasteiger partial charge in [-0.2, -0.15) is 0 Å². The molecule has 0 aromatic heterocycles. The predicted octanol–water partition coefficient (Wildman–Crippen LogP) is 15.4. The van der Waals surface area contributed by atoms with Crippen LogP contribution < -0.4 is 16.0 Å². The van der Waals surface area contributed by atoms with Crippen molar-refractivity contribution in [3.05, 3.63) is 98.7 Å². The fraction of sp³-hybridized carbons (Fsp3) is 0.667. The Balaban J connectivity index is 0.000000627. The van der Waals surface area contributed by atoms with Gasteiger partial charge in [0.25, 0.3) is 0 Å². The third kappa shape index (κ3) is 33.4. The van der Waals surface area contributed by atoms with Gasteiger partial charge in [0.2, 0.25) is 17.7 Å². The Morgan fingerprint density at radius 2 is 0.530 bits per heavy atom. The molecule has 3 N–H and O–H groups in total. The average Bonchev–Trinajstić information content (AvgIpc) is 1.72. The van der Waals surface area contributed by atoms with E-state index in [2.05, 4.69) is 110 Å². The van der Waals surface area contributed by atoms with Crippen LogP contribution in [-0.4, -0.2) is 115 Å². The van der Waals surface area contributed by atoms with Gasteiger partial charge in [-0.3, -0.25) is 24.0 Å². The molecule has 10 atom stereocenters. The summed E-state index contributed by atoms with van der Waals surface area (Å²) in [7, 11) is 0. The number of nitrogens with one attached hydrogen (secondary N) is 3. The number of hydrogen-bond donors (Lipinski definition) is 3. The number of cyclic esters (lactones) is 5. The molecule has 5 fully saturated rings. The lowest BCUT2D eigenvalue weighted by Gasteiger charge is -2.17. The van der Waals surface area contributed by atoms with Crippen LogP contribution in [0.5, 0.6) is 0 Å². The third-order valence-corrected chi connectivity index (χ3v) is 18.4. The summed E-state index contributed by atoms with van der Waals surface area (Å²) in [4.78, 5) is 129. The summed E-state index contributed by atoms with van der Waals surface area (Å²) in [6.45, 7) is 44.6. The number of esters is 5. The predicted molar refractivity (Wildman–Crippen MR) is 394 cm³/mol. The largest absolute Gasteiger partial charge is 0.458 e. The molecule has 19 nitrogen and oxygen atoms in total. The fourth-order valence-corrected chi connectivity index (χ4v) is 12.4. The van der Waals surface area contributed by atoms with Crippen LogP contribution in [0.3, 0.4) is 0 Å². The number of carbonyl (C=O) groups is 11. The molecule has 0 saturated carbocycles. The molecule has 5 heterocycles. The van der Waals surface area contributed by atoms with Crippen molar-refractivity contribution >= 4 is 64.9 Å². The van der Waals surface area contributed by atoms with Gasteiger partial charge < -0.3 is 44.4 Å². The van der Waals surface area contributed by atoms with E-state index < -0.39 is 47.5 Å². The number of unbranched alkanes of at least 4 members (excludes halogenated alkanes) is 20. The highest BCUT2D eigenvalue weighted by molar-refractivity contribution is 6.03. The third-order valence-electron chi connectivity index (χ3n) is 18.4. The molecule has 0 aliphatic carbocycles. The maximum atomic E-state index is 12.3. The van der Waals surface area contributed by atoms with Crippen molar-refractivity contribution in [3.8, 4) is 0 Å². The van der Waals surface area contributed by atoms with E-state index in [1.807, 2.05) is 0 Å². The second-order valence-corrected chi connectivity index (χ2v) is 26.7. The highest BCUT2D eigenvalue weighted by atomic mass is 16.6. The molecule has 0 bridgehead atoms. The van der Waals surface area contributed by atoms with E-state index in [1.54, 1.807) is 18.2 Å². The van der Waals surface area contributed by atoms with E-state index in [-0.39, 0.29) is 113 Å². The van der Waals surface area contributed by atoms with Crippen molar-refractivity contribution in [1.82, 2.24) is 16.0 Å². The van der Waals surface area contributed by atoms with Crippen molar-refractivity contribution in [1.29, 1.82) is 0 Å². The maximum Gasteiger partial charge on any atom is 0.334 e. The van der Waals surface area contributed by atoms with Gasteiger partial charge in [0.05, 0.1) is 11.8 Å². The first kappa shape index (κ1) is 90.7. The molecule has 0 aromatic carbocycles. The fourth-order valence-electron chi connectivity index (χ4n) is 12.4. The van der Waals surface area contributed by atoms with Gasteiger partial charge in [-0.1, -0.05) is 228 Å². The van der Waals surface area contributed by atoms with E-state index in [0.29, 0.717) is 44.5 Å². The Hall–Kier alpha value is -7.31. The second-order valence-electron chi connectivity index (χ2n) is 26.7. The minimum Gasteiger partial charge on any atom is -0.458 e. The SMILES string of the molecule is C=C1C(=O)O[C@@H](CCCCCCCC)[C@@H]1C(=O)CCC(C)=O.C=C1C(=O)O[C@@H](CCCCCCCC)[C@@H]1C(=O)CCCC.C=CCNC(=O)[C@@H]1C(=C)C(=O)O[C@H]1CCCC.C=CCNC(=O)[C@@H]1C(=C)C(=O)O[C@H]1CCCCCC.C=CCNC(=O)[C@@H]1C(=C)C(=O)O[C@H]1CCCCCCCC. The molecule has 5 aliphatic rings. The Morgan fingerprint density at radius 3 is 0.790 bits per heavy atom. The van der Waals surface area contributed by atoms with Crippen molar-refractivity contribution < 1.29 is 76.4 Å². The lowest BCUT2D eigenvalue weighted by molar-refractivity contribution is -0.141. The molecule has 3 amide bonds. The summed E-state index contributed by atoms with van der Waals surface area (Å²) in [6.07, 6.45) is 36.9. The lowest BCUT2D eigenvalue weighted by atomic mass is 9.87. The number of Topliss-reactive ketones (excluding diaryl/α,β-unsaturated/α-hetero) is 3. The first-order valence-corrected chi connectivity index (χ1v) is 37.6. The first-order chi connectivity index (χ1) is 47.9. The molecule has 0 spiro atoms. The monoisotopic (exact) mass is 1400 g/mol. The Kier molecular flexibility index (Phi) is 48.6. The zero-order valence-electron chi connectivity index (χ0n) is 62.4. The molecule has 562 valence electrons. The summed E-state index contributed by atoms with van der Waals surface area (Å²) in [5, 5.41) is 8.11. The van der Waals surface area contributed by atoms with E-state index in [9.17, 15) is 52.7 Å². The van der Waals surface area contributed by atoms with Crippen LogP contribution in [0.15, 0.2) is 98.7 Å². The summed E-state index contributed by atoms with van der Waals surface area (Å²) >= 11 is 0. The Bertz CT molecular complexity index is 2710. The normalized spacial score (nSPS) is 21.8. The molecule has 100 heavy (non-hydrogen) atoms. The van der Waals surface area contributed by atoms with Crippen molar-refractivity contribution in [2.45, 2.75) is 297 Å². The molecule has 0 radical (unpaired) electrons. The maximum absolute atomic E-state index is 12.3. The van der Waals surface area contributed by atoms with E-state index in [1.165, 1.54) is 84.0 Å². The van der Waals surface area contributed by atoms with E-state index >= 15 is 0 Å². The second kappa shape index (κ2) is 53.5. The minimum atomic E-state index is -0.553. The molecule has 19 heteroatoms. The number of rotatable bonds is 46. The van der Waals surface area contributed by atoms with Gasteiger partial charge in [-0.15, -0.1) is 19.7 Å². The van der Waals surface area contributed by atoms with Crippen molar-refractivity contribution in [2.24, 2.45) is 29.6 Å². The summed E-state index contributed by atoms with van der Waals surface area (Å²) < 4.78 is 26.3. The molecule has 5 rings (SSSR count). The van der Waals surface area contributed by atoms with Gasteiger partial charge >= 0.3 is 29.8 Å². The summed E-state index contributed by atoms with van der Waals surface area (Å²) in [6, 6.07) is 0. The van der Waals surface area contributed by atoms with Crippen LogP contribution in [0.2, 0.25) is 0 Å². The van der Waals surface area contributed by atoms with Crippen LogP contribution in [0, 0.1) is 29.6 Å². The number of ether oxygens (including phenoxy) is 5. The van der Waals surface area contributed by atoms with Gasteiger partial charge in [0, 0.05) is 66.8 Å². The number of carbonyl (C=O) groups excluding carboxylic acids is 11. The molecular formula is C81H127N3O16. The van der Waals surface area contributed by atoms with Gasteiger partial charge in [-0.05, 0) is 71.1 Å². The minimum absolute atomic E-state index is 0.0170.